The van der Waals surface area contributed by atoms with Gasteiger partial charge < -0.3 is 40.0 Å². The smallest absolute Gasteiger partial charge is 0.408 e. The molecule has 3 aromatic rings. The fourth-order valence-electron chi connectivity index (χ4n) is 6.36. The van der Waals surface area contributed by atoms with E-state index in [1.807, 2.05) is 93.7 Å². The number of fused-ring (bicyclic) bond motifs is 1. The largest absolute Gasteiger partial charge is 0.443 e. The molecule has 0 spiro atoms. The normalized spacial score (nSPS) is 20.6. The van der Waals surface area contributed by atoms with E-state index in [9.17, 15) is 19.5 Å². The number of alkyl carbamates (subject to hydrolysis) is 2. The van der Waals surface area contributed by atoms with E-state index in [1.54, 1.807) is 0 Å². The van der Waals surface area contributed by atoms with Gasteiger partial charge in [0.1, 0.15) is 18.8 Å². The molecule has 2 aromatic carbocycles. The Bertz CT molecular complexity index is 1560. The second-order valence-corrected chi connectivity index (χ2v) is 14.8. The minimum Gasteiger partial charge on any atom is -0.443 e. The molecule has 2 saturated heterocycles. The number of benzene rings is 2. The van der Waals surface area contributed by atoms with Gasteiger partial charge in [0.05, 0.1) is 42.0 Å². The molecule has 0 bridgehead atoms. The molecule has 0 unspecified atom stereocenters. The highest BCUT2D eigenvalue weighted by molar-refractivity contribution is 7.09. The summed E-state index contributed by atoms with van der Waals surface area (Å²) in [6.07, 6.45) is -1.66. The summed E-state index contributed by atoms with van der Waals surface area (Å²) in [7, 11) is 0. The lowest BCUT2D eigenvalue weighted by molar-refractivity contribution is -0.125. The second kappa shape index (κ2) is 18.5. The minimum atomic E-state index is -1.07. The fraction of sp³-hybridized carbons (Fsp3) is 0.526. The van der Waals surface area contributed by atoms with Crippen molar-refractivity contribution in [2.75, 3.05) is 13.2 Å². The molecule has 13 heteroatoms. The number of aromatic nitrogens is 1. The number of thiazole rings is 1. The topological polar surface area (TPSA) is 157 Å². The Kier molecular flexibility index (Phi) is 13.8. The average Bonchev–Trinajstić information content (AvgIpc) is 3.86. The molecule has 7 atom stereocenters. The zero-order valence-electron chi connectivity index (χ0n) is 29.7. The van der Waals surface area contributed by atoms with E-state index in [-0.39, 0.29) is 43.7 Å². The third kappa shape index (κ3) is 11.2. The molecule has 3 amide bonds. The molecule has 1 aromatic heterocycles. The Hall–Kier alpha value is -4.04. The summed E-state index contributed by atoms with van der Waals surface area (Å²) >= 11 is 1.51. The first-order valence-electron chi connectivity index (χ1n) is 17.7. The first-order valence-corrected chi connectivity index (χ1v) is 18.6. The van der Waals surface area contributed by atoms with Crippen LogP contribution in [0.3, 0.4) is 0 Å². The maximum absolute atomic E-state index is 13.8. The summed E-state index contributed by atoms with van der Waals surface area (Å²) in [5.41, 5.74) is 2.52. The molecular formula is C38H50N4O8S. The van der Waals surface area contributed by atoms with Gasteiger partial charge in [0.2, 0.25) is 5.91 Å². The molecule has 3 heterocycles. The number of hydrogen-bond donors (Lipinski definition) is 4. The Morgan fingerprint density at radius 1 is 0.922 bits per heavy atom. The molecule has 2 aliphatic heterocycles. The van der Waals surface area contributed by atoms with Crippen molar-refractivity contribution in [3.8, 4) is 0 Å². The van der Waals surface area contributed by atoms with Gasteiger partial charge in [0, 0.05) is 17.3 Å². The molecule has 0 aliphatic carbocycles. The van der Waals surface area contributed by atoms with Gasteiger partial charge in [-0.05, 0) is 42.7 Å². The molecule has 0 saturated carbocycles. The highest BCUT2D eigenvalue weighted by Crippen LogP contribution is 2.33. The van der Waals surface area contributed by atoms with Crippen LogP contribution in [0.4, 0.5) is 9.59 Å². The number of nitrogens with one attached hydrogen (secondary N) is 3. The van der Waals surface area contributed by atoms with E-state index in [4.69, 9.17) is 18.9 Å². The highest BCUT2D eigenvalue weighted by Gasteiger charge is 2.44. The van der Waals surface area contributed by atoms with Gasteiger partial charge in [-0.15, -0.1) is 11.3 Å². The molecule has 2 aliphatic rings. The number of rotatable bonds is 16. The zero-order chi connectivity index (χ0) is 36.3. The lowest BCUT2D eigenvalue weighted by atomic mass is 9.93. The summed E-state index contributed by atoms with van der Waals surface area (Å²) in [6, 6.07) is 17.0. The quantitative estimate of drug-likeness (QED) is 0.158. The van der Waals surface area contributed by atoms with Crippen molar-refractivity contribution in [1.29, 1.82) is 0 Å². The molecular weight excluding hydrogens is 673 g/mol. The van der Waals surface area contributed by atoms with Crippen molar-refractivity contribution >= 4 is 29.4 Å². The van der Waals surface area contributed by atoms with E-state index in [0.29, 0.717) is 25.1 Å². The van der Waals surface area contributed by atoms with E-state index < -0.39 is 48.4 Å². The van der Waals surface area contributed by atoms with Crippen LogP contribution in [0.15, 0.2) is 66.0 Å². The van der Waals surface area contributed by atoms with Crippen LogP contribution in [-0.4, -0.2) is 78.0 Å². The van der Waals surface area contributed by atoms with Crippen LogP contribution in [0.2, 0.25) is 0 Å². The number of aliphatic hydroxyl groups excluding tert-OH is 1. The van der Waals surface area contributed by atoms with Crippen LogP contribution < -0.4 is 16.0 Å². The Morgan fingerprint density at radius 3 is 2.25 bits per heavy atom. The van der Waals surface area contributed by atoms with Crippen molar-refractivity contribution in [2.24, 2.45) is 11.8 Å². The number of nitrogens with zero attached hydrogens (tertiary/aromatic N) is 1. The third-order valence-corrected chi connectivity index (χ3v) is 10.3. The minimum absolute atomic E-state index is 0.00860. The van der Waals surface area contributed by atoms with Crippen LogP contribution in [0.5, 0.6) is 0 Å². The number of carbonyl (C=O) groups is 3. The second-order valence-electron chi connectivity index (χ2n) is 13.9. The molecule has 0 radical (unpaired) electrons. The van der Waals surface area contributed by atoms with Gasteiger partial charge in [0.25, 0.3) is 0 Å². The standard InChI is InChI=1S/C38H50N4O8S/c1-23(2)33(42-37(45)49-20-28-22-51-35(40-28)24(3)4)34(44)39-27(17-25-11-7-5-8-12-25)19-31(43)30(18-26-13-9-6-10-14-26)41-38(46)50-32-21-48-36-29(32)15-16-47-36/h5-14,22-24,27,29-33,36,43H,15-21H2,1-4H3,(H,39,44)(H,41,46)(H,42,45)/t27-,29-,30-,31-,32-,33+,36+/m0/s1. The first-order chi connectivity index (χ1) is 24.5. The van der Waals surface area contributed by atoms with Gasteiger partial charge >= 0.3 is 12.2 Å². The summed E-state index contributed by atoms with van der Waals surface area (Å²) in [5.74, 6) is -0.427. The lowest BCUT2D eigenvalue weighted by Crippen LogP contribution is -2.54. The monoisotopic (exact) mass is 722 g/mol. The van der Waals surface area contributed by atoms with Crippen molar-refractivity contribution in [3.05, 3.63) is 87.9 Å². The third-order valence-electron chi connectivity index (χ3n) is 9.14. The van der Waals surface area contributed by atoms with Gasteiger partial charge in [-0.25, -0.2) is 14.6 Å². The Morgan fingerprint density at radius 2 is 1.61 bits per heavy atom. The summed E-state index contributed by atoms with van der Waals surface area (Å²) in [6.45, 7) is 8.57. The summed E-state index contributed by atoms with van der Waals surface area (Å²) in [4.78, 5) is 44.4. The molecule has 5 rings (SSSR count). The molecule has 4 N–H and O–H groups in total. The number of carbonyl (C=O) groups excluding carboxylic acids is 3. The highest BCUT2D eigenvalue weighted by atomic mass is 32.1. The predicted octanol–water partition coefficient (Wildman–Crippen LogP) is 5.09. The zero-order valence-corrected chi connectivity index (χ0v) is 30.5. The van der Waals surface area contributed by atoms with Crippen LogP contribution in [0.25, 0.3) is 0 Å². The average molecular weight is 723 g/mol. The van der Waals surface area contributed by atoms with Gasteiger partial charge in [0.15, 0.2) is 6.29 Å². The maximum Gasteiger partial charge on any atom is 0.408 e. The van der Waals surface area contributed by atoms with Crippen LogP contribution >= 0.6 is 11.3 Å². The van der Waals surface area contributed by atoms with E-state index >= 15 is 0 Å². The van der Waals surface area contributed by atoms with E-state index in [0.717, 1.165) is 22.6 Å². The van der Waals surface area contributed by atoms with Crippen molar-refractivity contribution in [2.45, 2.75) is 103 Å². The van der Waals surface area contributed by atoms with Crippen LogP contribution in [0, 0.1) is 11.8 Å². The first kappa shape index (κ1) is 38.2. The maximum atomic E-state index is 13.8. The van der Waals surface area contributed by atoms with E-state index in [1.165, 1.54) is 11.3 Å². The van der Waals surface area contributed by atoms with Gasteiger partial charge in [-0.2, -0.15) is 0 Å². The van der Waals surface area contributed by atoms with Gasteiger partial charge in [-0.1, -0.05) is 88.4 Å². The predicted molar refractivity (Wildman–Crippen MR) is 192 cm³/mol. The molecule has 12 nitrogen and oxygen atoms in total. The molecule has 276 valence electrons. The van der Waals surface area contributed by atoms with Crippen LogP contribution in [0.1, 0.15) is 68.3 Å². The summed E-state index contributed by atoms with van der Waals surface area (Å²) < 4.78 is 22.4. The van der Waals surface area contributed by atoms with Crippen molar-refractivity contribution < 1.29 is 38.4 Å². The van der Waals surface area contributed by atoms with Crippen molar-refractivity contribution in [3.63, 3.8) is 0 Å². The molecule has 51 heavy (non-hydrogen) atoms. The fourth-order valence-corrected chi connectivity index (χ4v) is 7.18. The van der Waals surface area contributed by atoms with Crippen molar-refractivity contribution in [1.82, 2.24) is 20.9 Å². The van der Waals surface area contributed by atoms with Gasteiger partial charge in [-0.3, -0.25) is 4.79 Å². The molecule has 2 fully saturated rings. The summed E-state index contributed by atoms with van der Waals surface area (Å²) in [5, 5.41) is 23.2. The SMILES string of the molecule is CC(C)c1nc(COC(=O)N[C@@H](C(=O)N[C@@H](Cc2ccccc2)C[C@H](O)[C@H](Cc2ccccc2)NC(=O)O[C@H]2CO[C@H]3OCC[C@H]32)C(C)C)cs1. The Balaban J connectivity index is 1.26. The number of aliphatic hydroxyl groups is 1. The number of amides is 3. The lowest BCUT2D eigenvalue weighted by Gasteiger charge is -2.30. The van der Waals surface area contributed by atoms with Crippen LogP contribution in [-0.2, 0) is 43.2 Å². The Labute approximate surface area is 303 Å². The number of hydrogen-bond acceptors (Lipinski definition) is 10. The van der Waals surface area contributed by atoms with E-state index in [2.05, 4.69) is 20.9 Å². The number of ether oxygens (including phenoxy) is 4.